The number of carbonyl (C=O) groups excluding carboxylic acids is 2. The molecule has 5 rings (SSSR count). The van der Waals surface area contributed by atoms with Crippen LogP contribution in [0, 0.1) is 0 Å². The Kier molecular flexibility index (Phi) is 8.14. The summed E-state index contributed by atoms with van der Waals surface area (Å²) < 4.78 is 28.0. The zero-order valence-electron chi connectivity index (χ0n) is 22.1. The van der Waals surface area contributed by atoms with E-state index in [0.717, 1.165) is 42.0 Å². The van der Waals surface area contributed by atoms with Crippen molar-refractivity contribution in [3.8, 4) is 0 Å². The summed E-state index contributed by atoms with van der Waals surface area (Å²) in [6, 6.07) is 17.6. The van der Waals surface area contributed by atoms with E-state index in [1.165, 1.54) is 10.7 Å². The number of benzene rings is 3. The Labute approximate surface area is 235 Å². The molecule has 9 heteroatoms. The highest BCUT2D eigenvalue weighted by Crippen LogP contribution is 2.42. The third-order valence-corrected chi connectivity index (χ3v) is 9.93. The molecule has 39 heavy (non-hydrogen) atoms. The van der Waals surface area contributed by atoms with E-state index >= 15 is 0 Å². The van der Waals surface area contributed by atoms with Crippen LogP contribution in [0.1, 0.15) is 57.4 Å². The molecule has 1 atom stereocenters. The van der Waals surface area contributed by atoms with Crippen molar-refractivity contribution in [1.29, 1.82) is 0 Å². The molecule has 3 aromatic carbocycles. The molecule has 2 aliphatic rings. The molecular formula is C30H34ClN3O4S. The monoisotopic (exact) mass is 567 g/mol. The van der Waals surface area contributed by atoms with Crippen molar-refractivity contribution >= 4 is 49.9 Å². The minimum absolute atomic E-state index is 0.118. The normalized spacial score (nSPS) is 17.2. The van der Waals surface area contributed by atoms with E-state index in [1.54, 1.807) is 36.1 Å². The maximum atomic E-state index is 13.5. The maximum absolute atomic E-state index is 13.5. The van der Waals surface area contributed by atoms with Crippen molar-refractivity contribution in [2.75, 3.05) is 10.8 Å². The number of hydrogen-bond acceptors (Lipinski definition) is 4. The Balaban J connectivity index is 1.29. The highest BCUT2D eigenvalue weighted by atomic mass is 35.5. The van der Waals surface area contributed by atoms with Crippen LogP contribution < -0.4 is 9.62 Å². The molecule has 3 aromatic rings. The van der Waals surface area contributed by atoms with E-state index < -0.39 is 16.1 Å². The van der Waals surface area contributed by atoms with Gasteiger partial charge < -0.3 is 10.2 Å². The fourth-order valence-corrected chi connectivity index (χ4v) is 7.53. The van der Waals surface area contributed by atoms with Gasteiger partial charge in [-0.2, -0.15) is 0 Å². The average molecular weight is 568 g/mol. The van der Waals surface area contributed by atoms with Gasteiger partial charge in [0.25, 0.3) is 10.0 Å². The van der Waals surface area contributed by atoms with Gasteiger partial charge in [0, 0.05) is 36.0 Å². The number of rotatable bonds is 9. The lowest BCUT2D eigenvalue weighted by Crippen LogP contribution is -2.50. The minimum Gasteiger partial charge on any atom is -0.352 e. The van der Waals surface area contributed by atoms with Crippen LogP contribution in [0.2, 0.25) is 5.02 Å². The van der Waals surface area contributed by atoms with Crippen LogP contribution in [-0.2, 0) is 26.2 Å². The largest absolute Gasteiger partial charge is 0.352 e. The van der Waals surface area contributed by atoms with Crippen LogP contribution in [0.4, 0.5) is 5.69 Å². The van der Waals surface area contributed by atoms with E-state index in [0.29, 0.717) is 22.0 Å². The van der Waals surface area contributed by atoms with Crippen molar-refractivity contribution < 1.29 is 18.0 Å². The zero-order chi connectivity index (χ0) is 27.6. The first-order valence-corrected chi connectivity index (χ1v) is 15.5. The molecule has 0 radical (unpaired) electrons. The quantitative estimate of drug-likeness (QED) is 0.362. The van der Waals surface area contributed by atoms with Gasteiger partial charge in [-0.1, -0.05) is 67.3 Å². The first-order valence-electron chi connectivity index (χ1n) is 13.6. The number of halogens is 1. The molecule has 1 unspecified atom stereocenters. The Hall–Kier alpha value is -3.10. The van der Waals surface area contributed by atoms with Crippen LogP contribution in [0.25, 0.3) is 10.8 Å². The molecule has 1 N–H and O–H groups in total. The standard InChI is InChI=1S/C30H34ClN3O4S/c1-21(30(36)32-25-10-3-2-4-11-25)33(20-22-15-17-24(31)18-16-22)28(35)14-7-19-34-26-12-5-8-23-9-6-13-27(29(23)26)39(34,37)38/h5-6,8-9,12-13,15-18,21,25H,2-4,7,10-11,14,19-20H2,1H3,(H,32,36). The van der Waals surface area contributed by atoms with E-state index in [2.05, 4.69) is 5.32 Å². The van der Waals surface area contributed by atoms with E-state index in [-0.39, 0.29) is 37.4 Å². The van der Waals surface area contributed by atoms with Gasteiger partial charge in [0.1, 0.15) is 6.04 Å². The Morgan fingerprint density at radius 3 is 2.44 bits per heavy atom. The lowest BCUT2D eigenvalue weighted by Gasteiger charge is -2.31. The summed E-state index contributed by atoms with van der Waals surface area (Å²) in [7, 11) is -3.68. The molecule has 2 amide bonds. The molecule has 1 saturated carbocycles. The van der Waals surface area contributed by atoms with Gasteiger partial charge in [-0.25, -0.2) is 8.42 Å². The van der Waals surface area contributed by atoms with Crippen LogP contribution >= 0.6 is 11.6 Å². The number of carbonyl (C=O) groups is 2. The molecule has 0 bridgehead atoms. The Morgan fingerprint density at radius 2 is 1.72 bits per heavy atom. The first kappa shape index (κ1) is 27.5. The summed E-state index contributed by atoms with van der Waals surface area (Å²) in [5.41, 5.74) is 1.52. The summed E-state index contributed by atoms with van der Waals surface area (Å²) in [5.74, 6) is -0.350. The summed E-state index contributed by atoms with van der Waals surface area (Å²) in [4.78, 5) is 28.6. The summed E-state index contributed by atoms with van der Waals surface area (Å²) >= 11 is 6.05. The second-order valence-electron chi connectivity index (χ2n) is 10.5. The third-order valence-electron chi connectivity index (χ3n) is 7.82. The average Bonchev–Trinajstić information content (AvgIpc) is 3.16. The van der Waals surface area contributed by atoms with Crippen molar-refractivity contribution in [3.63, 3.8) is 0 Å². The van der Waals surface area contributed by atoms with Gasteiger partial charge >= 0.3 is 0 Å². The smallest absolute Gasteiger partial charge is 0.265 e. The van der Waals surface area contributed by atoms with Crippen LogP contribution in [0.5, 0.6) is 0 Å². The molecule has 206 valence electrons. The zero-order valence-corrected chi connectivity index (χ0v) is 23.7. The van der Waals surface area contributed by atoms with E-state index in [9.17, 15) is 18.0 Å². The number of anilines is 1. The van der Waals surface area contributed by atoms with Crippen LogP contribution in [0.3, 0.4) is 0 Å². The number of hydrogen-bond donors (Lipinski definition) is 1. The molecular weight excluding hydrogens is 534 g/mol. The highest BCUT2D eigenvalue weighted by molar-refractivity contribution is 7.93. The number of nitrogens with one attached hydrogen (secondary N) is 1. The molecule has 7 nitrogen and oxygen atoms in total. The fraction of sp³-hybridized carbons (Fsp3) is 0.400. The van der Waals surface area contributed by atoms with Crippen molar-refractivity contribution in [2.45, 2.75) is 75.4 Å². The minimum atomic E-state index is -3.68. The van der Waals surface area contributed by atoms with Crippen molar-refractivity contribution in [3.05, 3.63) is 71.2 Å². The SMILES string of the molecule is CC(C(=O)NC1CCCCC1)N(Cc1ccc(Cl)cc1)C(=O)CCCN1c2cccc3cccc(c23)S1(=O)=O. The Morgan fingerprint density at radius 1 is 1.03 bits per heavy atom. The predicted octanol–water partition coefficient (Wildman–Crippen LogP) is 5.65. The topological polar surface area (TPSA) is 86.8 Å². The van der Waals surface area contributed by atoms with Crippen molar-refractivity contribution in [2.24, 2.45) is 0 Å². The third kappa shape index (κ3) is 5.77. The molecule has 0 saturated heterocycles. The fourth-order valence-electron chi connectivity index (χ4n) is 5.65. The van der Waals surface area contributed by atoms with Crippen LogP contribution in [0.15, 0.2) is 65.6 Å². The van der Waals surface area contributed by atoms with Crippen LogP contribution in [-0.4, -0.2) is 43.8 Å². The predicted molar refractivity (Wildman–Crippen MR) is 154 cm³/mol. The van der Waals surface area contributed by atoms with Gasteiger partial charge in [-0.3, -0.25) is 13.9 Å². The number of amides is 2. The van der Waals surface area contributed by atoms with Gasteiger partial charge in [-0.05, 0) is 61.4 Å². The number of nitrogens with zero attached hydrogens (tertiary/aromatic N) is 2. The van der Waals surface area contributed by atoms with Gasteiger partial charge in [0.2, 0.25) is 11.8 Å². The Bertz CT molecular complexity index is 1460. The molecule has 1 aliphatic heterocycles. The van der Waals surface area contributed by atoms with Crippen molar-refractivity contribution in [1.82, 2.24) is 10.2 Å². The molecule has 1 aliphatic carbocycles. The lowest BCUT2D eigenvalue weighted by molar-refractivity contribution is -0.141. The lowest BCUT2D eigenvalue weighted by atomic mass is 9.95. The highest BCUT2D eigenvalue weighted by Gasteiger charge is 2.35. The maximum Gasteiger partial charge on any atom is 0.265 e. The molecule has 0 spiro atoms. The summed E-state index contributed by atoms with van der Waals surface area (Å²) in [6.45, 7) is 2.20. The second-order valence-corrected chi connectivity index (χ2v) is 12.7. The van der Waals surface area contributed by atoms with Gasteiger partial charge in [0.15, 0.2) is 0 Å². The van der Waals surface area contributed by atoms with E-state index in [4.69, 9.17) is 11.6 Å². The molecule has 1 fully saturated rings. The second kappa shape index (κ2) is 11.6. The number of sulfonamides is 1. The molecule has 0 aromatic heterocycles. The summed E-state index contributed by atoms with van der Waals surface area (Å²) in [6.07, 6.45) is 5.76. The van der Waals surface area contributed by atoms with Gasteiger partial charge in [0.05, 0.1) is 10.6 Å². The summed E-state index contributed by atoms with van der Waals surface area (Å²) in [5, 5.41) is 5.34. The van der Waals surface area contributed by atoms with Gasteiger partial charge in [-0.15, -0.1) is 0 Å². The first-order chi connectivity index (χ1) is 18.8. The molecule has 1 heterocycles. The van der Waals surface area contributed by atoms with E-state index in [1.807, 2.05) is 36.4 Å².